The Morgan fingerprint density at radius 3 is 2.32 bits per heavy atom. The Labute approximate surface area is 199 Å². The number of ether oxygens (including phenoxy) is 2. The number of likely N-dealkylation sites (tertiary alicyclic amines) is 2. The zero-order chi connectivity index (χ0) is 24.0. The number of hydrogen-bond acceptors (Lipinski definition) is 6. The standard InChI is InChI=1S/C26H31N3O5/c1-33-25(32)20-9-10-22(27-18-20)24(31)29-16-13-26(19-29)11-14-28(15-12-26)23(30)8-5-17-34-21-6-3-2-4-7-21/h2-4,6-7,9-10,18H,5,8,11-17,19H2,1H3. The summed E-state index contributed by atoms with van der Waals surface area (Å²) in [7, 11) is 1.31. The second kappa shape index (κ2) is 10.7. The van der Waals surface area contributed by atoms with Crippen LogP contribution < -0.4 is 4.74 Å². The van der Waals surface area contributed by atoms with Crippen LogP contribution in [0.4, 0.5) is 0 Å². The minimum atomic E-state index is -0.475. The molecule has 8 heteroatoms. The van der Waals surface area contributed by atoms with E-state index in [2.05, 4.69) is 9.72 Å². The molecular weight excluding hydrogens is 434 g/mol. The van der Waals surface area contributed by atoms with E-state index in [0.717, 1.165) is 38.1 Å². The highest BCUT2D eigenvalue weighted by Crippen LogP contribution is 2.40. The fraction of sp³-hybridized carbons (Fsp3) is 0.462. The van der Waals surface area contributed by atoms with Crippen molar-refractivity contribution in [3.8, 4) is 5.75 Å². The van der Waals surface area contributed by atoms with Crippen molar-refractivity contribution in [1.29, 1.82) is 0 Å². The Kier molecular flexibility index (Phi) is 7.45. The van der Waals surface area contributed by atoms with E-state index in [1.54, 1.807) is 12.1 Å². The molecule has 1 aromatic heterocycles. The van der Waals surface area contributed by atoms with Crippen molar-refractivity contribution in [2.45, 2.75) is 32.1 Å². The molecule has 180 valence electrons. The summed E-state index contributed by atoms with van der Waals surface area (Å²) in [5, 5.41) is 0. The lowest BCUT2D eigenvalue weighted by molar-refractivity contribution is -0.133. The van der Waals surface area contributed by atoms with Gasteiger partial charge < -0.3 is 19.3 Å². The summed E-state index contributed by atoms with van der Waals surface area (Å²) in [6.07, 6.45) is 5.29. The van der Waals surface area contributed by atoms with Crippen molar-refractivity contribution in [2.75, 3.05) is 39.9 Å². The lowest BCUT2D eigenvalue weighted by atomic mass is 9.77. The van der Waals surface area contributed by atoms with Crippen LogP contribution in [0.3, 0.4) is 0 Å². The largest absolute Gasteiger partial charge is 0.494 e. The van der Waals surface area contributed by atoms with Crippen LogP contribution in [-0.4, -0.2) is 72.5 Å². The SMILES string of the molecule is COC(=O)c1ccc(C(=O)N2CCC3(CCN(C(=O)CCCOc4ccccc4)CC3)C2)nc1. The molecule has 0 atom stereocenters. The third-order valence-corrected chi connectivity index (χ3v) is 6.85. The van der Waals surface area contributed by atoms with Crippen LogP contribution in [0.1, 0.15) is 53.0 Å². The van der Waals surface area contributed by atoms with Gasteiger partial charge >= 0.3 is 5.97 Å². The third-order valence-electron chi connectivity index (χ3n) is 6.85. The number of benzene rings is 1. The average molecular weight is 466 g/mol. The molecule has 0 radical (unpaired) electrons. The zero-order valence-electron chi connectivity index (χ0n) is 19.6. The van der Waals surface area contributed by atoms with Crippen LogP contribution in [0.25, 0.3) is 0 Å². The van der Waals surface area contributed by atoms with Gasteiger partial charge in [0.05, 0.1) is 19.3 Å². The number of carbonyl (C=O) groups is 3. The number of carbonyl (C=O) groups excluding carboxylic acids is 3. The Morgan fingerprint density at radius 2 is 1.68 bits per heavy atom. The van der Waals surface area contributed by atoms with E-state index in [4.69, 9.17) is 4.74 Å². The number of para-hydroxylation sites is 1. The van der Waals surface area contributed by atoms with Gasteiger partial charge in [0.2, 0.25) is 5.91 Å². The molecule has 0 saturated carbocycles. The number of amides is 2. The molecule has 8 nitrogen and oxygen atoms in total. The van der Waals surface area contributed by atoms with Crippen molar-refractivity contribution in [2.24, 2.45) is 5.41 Å². The van der Waals surface area contributed by atoms with Gasteiger partial charge in [0.1, 0.15) is 11.4 Å². The average Bonchev–Trinajstić information content (AvgIpc) is 3.30. The third kappa shape index (κ3) is 5.55. The van der Waals surface area contributed by atoms with E-state index in [9.17, 15) is 14.4 Å². The number of aromatic nitrogens is 1. The van der Waals surface area contributed by atoms with Crippen LogP contribution in [0.5, 0.6) is 5.75 Å². The molecule has 2 aromatic rings. The Bertz CT molecular complexity index is 1000. The summed E-state index contributed by atoms with van der Waals surface area (Å²) in [4.78, 5) is 45.1. The van der Waals surface area contributed by atoms with E-state index in [1.807, 2.05) is 40.1 Å². The highest BCUT2D eigenvalue weighted by atomic mass is 16.5. The summed E-state index contributed by atoms with van der Waals surface area (Å²) < 4.78 is 10.4. The first kappa shape index (κ1) is 23.7. The highest BCUT2D eigenvalue weighted by molar-refractivity contribution is 5.94. The van der Waals surface area contributed by atoms with Crippen LogP contribution in [0, 0.1) is 5.41 Å². The monoisotopic (exact) mass is 465 g/mol. The van der Waals surface area contributed by atoms with Gasteiger partial charge in [0, 0.05) is 38.8 Å². The highest BCUT2D eigenvalue weighted by Gasteiger charge is 2.43. The Hall–Kier alpha value is -3.42. The van der Waals surface area contributed by atoms with E-state index >= 15 is 0 Å². The Balaban J connectivity index is 1.21. The van der Waals surface area contributed by atoms with Crippen molar-refractivity contribution in [3.63, 3.8) is 0 Å². The second-order valence-corrected chi connectivity index (χ2v) is 9.05. The number of hydrogen-bond donors (Lipinski definition) is 0. The normalized spacial score (nSPS) is 17.0. The lowest BCUT2D eigenvalue weighted by Crippen LogP contribution is -2.44. The van der Waals surface area contributed by atoms with Gasteiger partial charge in [-0.25, -0.2) is 4.79 Å². The minimum Gasteiger partial charge on any atom is -0.494 e. The van der Waals surface area contributed by atoms with E-state index < -0.39 is 5.97 Å². The molecule has 1 spiro atoms. The minimum absolute atomic E-state index is 0.0643. The summed E-state index contributed by atoms with van der Waals surface area (Å²) >= 11 is 0. The molecule has 0 N–H and O–H groups in total. The maximum atomic E-state index is 12.9. The molecule has 2 aliphatic heterocycles. The molecule has 2 saturated heterocycles. The van der Waals surface area contributed by atoms with Gasteiger partial charge in [0.15, 0.2) is 0 Å². The van der Waals surface area contributed by atoms with E-state index in [0.29, 0.717) is 43.8 Å². The topological polar surface area (TPSA) is 89.0 Å². The molecular formula is C26H31N3O5. The predicted octanol–water partition coefficient (Wildman–Crippen LogP) is 3.18. The fourth-order valence-electron chi connectivity index (χ4n) is 4.76. The number of piperidine rings is 1. The molecule has 2 aliphatic rings. The van der Waals surface area contributed by atoms with Gasteiger partial charge in [0.25, 0.3) is 5.91 Å². The van der Waals surface area contributed by atoms with E-state index in [1.165, 1.54) is 13.3 Å². The van der Waals surface area contributed by atoms with Crippen LogP contribution in [0.2, 0.25) is 0 Å². The Morgan fingerprint density at radius 1 is 0.971 bits per heavy atom. The quantitative estimate of drug-likeness (QED) is 0.461. The first-order valence-corrected chi connectivity index (χ1v) is 11.8. The van der Waals surface area contributed by atoms with Gasteiger partial charge in [-0.05, 0) is 55.4 Å². The summed E-state index contributed by atoms with van der Waals surface area (Å²) in [5.41, 5.74) is 0.713. The molecule has 2 fully saturated rings. The number of nitrogens with zero attached hydrogens (tertiary/aromatic N) is 3. The maximum Gasteiger partial charge on any atom is 0.339 e. The molecule has 0 unspecified atom stereocenters. The van der Waals surface area contributed by atoms with Crippen molar-refractivity contribution < 1.29 is 23.9 Å². The number of methoxy groups -OCH3 is 1. The molecule has 34 heavy (non-hydrogen) atoms. The van der Waals surface area contributed by atoms with Gasteiger partial charge in [-0.2, -0.15) is 0 Å². The lowest BCUT2D eigenvalue weighted by Gasteiger charge is -2.39. The zero-order valence-corrected chi connectivity index (χ0v) is 19.6. The smallest absolute Gasteiger partial charge is 0.339 e. The van der Waals surface area contributed by atoms with Crippen LogP contribution in [0.15, 0.2) is 48.7 Å². The number of pyridine rings is 1. The van der Waals surface area contributed by atoms with Crippen molar-refractivity contribution in [1.82, 2.24) is 14.8 Å². The first-order valence-electron chi connectivity index (χ1n) is 11.8. The van der Waals surface area contributed by atoms with Crippen molar-refractivity contribution >= 4 is 17.8 Å². The summed E-state index contributed by atoms with van der Waals surface area (Å²) in [6, 6.07) is 12.8. The predicted molar refractivity (Wildman–Crippen MR) is 126 cm³/mol. The second-order valence-electron chi connectivity index (χ2n) is 9.05. The molecule has 0 bridgehead atoms. The fourth-order valence-corrected chi connectivity index (χ4v) is 4.76. The molecule has 1 aromatic carbocycles. The van der Waals surface area contributed by atoms with Crippen LogP contribution >= 0.6 is 0 Å². The first-order chi connectivity index (χ1) is 16.5. The molecule has 2 amide bonds. The van der Waals surface area contributed by atoms with E-state index in [-0.39, 0.29) is 17.2 Å². The number of rotatable bonds is 7. The molecule has 0 aliphatic carbocycles. The molecule has 4 rings (SSSR count). The van der Waals surface area contributed by atoms with Gasteiger partial charge in [-0.1, -0.05) is 18.2 Å². The number of esters is 1. The van der Waals surface area contributed by atoms with Crippen molar-refractivity contribution in [3.05, 3.63) is 59.9 Å². The maximum absolute atomic E-state index is 12.9. The summed E-state index contributed by atoms with van der Waals surface area (Å²) in [5.74, 6) is 0.402. The van der Waals surface area contributed by atoms with Crippen LogP contribution in [-0.2, 0) is 9.53 Å². The summed E-state index contributed by atoms with van der Waals surface area (Å²) in [6.45, 7) is 3.35. The molecule has 3 heterocycles. The van der Waals surface area contributed by atoms with Gasteiger partial charge in [-0.3, -0.25) is 14.6 Å². The van der Waals surface area contributed by atoms with Gasteiger partial charge in [-0.15, -0.1) is 0 Å².